The molecule has 0 aliphatic rings. The summed E-state index contributed by atoms with van der Waals surface area (Å²) in [5.41, 5.74) is 8.10. The zero-order valence-corrected chi connectivity index (χ0v) is 11.3. The van der Waals surface area contributed by atoms with Gasteiger partial charge >= 0.3 is 0 Å². The van der Waals surface area contributed by atoms with E-state index < -0.39 is 0 Å². The van der Waals surface area contributed by atoms with Crippen LogP contribution in [0.4, 0.5) is 10.8 Å². The minimum absolute atomic E-state index is 0.441. The molecule has 0 bridgehead atoms. The lowest BCUT2D eigenvalue weighted by atomic mass is 10.1. The summed E-state index contributed by atoms with van der Waals surface area (Å²) in [7, 11) is 0. The summed E-state index contributed by atoms with van der Waals surface area (Å²) in [5, 5.41) is 4.17. The molecule has 96 valence electrons. The number of aromatic nitrogens is 2. The molecule has 2 aromatic rings. The Balaban J connectivity index is 2.09. The SMILES string of the molecule is CCOc1c(N)nsc1NCc1ccncc1C. The van der Waals surface area contributed by atoms with Crippen LogP contribution < -0.4 is 15.8 Å². The van der Waals surface area contributed by atoms with E-state index in [0.717, 1.165) is 10.6 Å². The minimum Gasteiger partial charge on any atom is -0.487 e. The number of rotatable bonds is 5. The molecule has 0 aliphatic carbocycles. The van der Waals surface area contributed by atoms with Crippen LogP contribution in [0.1, 0.15) is 18.1 Å². The highest BCUT2D eigenvalue weighted by atomic mass is 32.1. The van der Waals surface area contributed by atoms with Gasteiger partial charge in [-0.1, -0.05) is 0 Å². The van der Waals surface area contributed by atoms with Gasteiger partial charge in [-0.15, -0.1) is 0 Å². The van der Waals surface area contributed by atoms with Gasteiger partial charge in [0.1, 0.15) is 0 Å². The smallest absolute Gasteiger partial charge is 0.197 e. The molecule has 0 amide bonds. The van der Waals surface area contributed by atoms with Crippen molar-refractivity contribution in [1.29, 1.82) is 0 Å². The maximum absolute atomic E-state index is 5.75. The van der Waals surface area contributed by atoms with Crippen molar-refractivity contribution >= 4 is 22.4 Å². The molecular weight excluding hydrogens is 248 g/mol. The normalized spacial score (nSPS) is 10.3. The lowest BCUT2D eigenvalue weighted by molar-refractivity contribution is 0.344. The van der Waals surface area contributed by atoms with Gasteiger partial charge in [0.2, 0.25) is 0 Å². The molecule has 0 aromatic carbocycles. The molecule has 6 heteroatoms. The predicted octanol–water partition coefficient (Wildman–Crippen LogP) is 2.44. The number of nitrogens with one attached hydrogen (secondary N) is 1. The minimum atomic E-state index is 0.441. The Hall–Kier alpha value is -1.82. The van der Waals surface area contributed by atoms with E-state index in [-0.39, 0.29) is 0 Å². The van der Waals surface area contributed by atoms with Crippen molar-refractivity contribution in [1.82, 2.24) is 9.36 Å². The van der Waals surface area contributed by atoms with Crippen LogP contribution in [0.2, 0.25) is 0 Å². The summed E-state index contributed by atoms with van der Waals surface area (Å²) in [6.07, 6.45) is 3.63. The zero-order valence-electron chi connectivity index (χ0n) is 10.4. The number of nitrogens with zero attached hydrogens (tertiary/aromatic N) is 2. The fraction of sp³-hybridized carbons (Fsp3) is 0.333. The maximum atomic E-state index is 5.75. The Bertz CT molecular complexity index is 527. The molecule has 0 saturated carbocycles. The summed E-state index contributed by atoms with van der Waals surface area (Å²) in [6, 6.07) is 1.99. The third kappa shape index (κ3) is 2.70. The van der Waals surface area contributed by atoms with E-state index in [2.05, 4.69) is 14.7 Å². The molecule has 0 atom stereocenters. The Labute approximate surface area is 110 Å². The van der Waals surface area contributed by atoms with Crippen molar-refractivity contribution in [3.05, 3.63) is 29.6 Å². The molecule has 2 heterocycles. The van der Waals surface area contributed by atoms with Crippen molar-refractivity contribution in [3.8, 4) is 5.75 Å². The highest BCUT2D eigenvalue weighted by molar-refractivity contribution is 7.11. The predicted molar refractivity (Wildman–Crippen MR) is 74.0 cm³/mol. The first-order valence-corrected chi connectivity index (χ1v) is 6.51. The van der Waals surface area contributed by atoms with Crippen LogP contribution in [0.25, 0.3) is 0 Å². The molecule has 0 saturated heterocycles. The van der Waals surface area contributed by atoms with Gasteiger partial charge in [0, 0.05) is 18.9 Å². The van der Waals surface area contributed by atoms with E-state index in [4.69, 9.17) is 10.5 Å². The number of nitrogen functional groups attached to an aromatic ring is 1. The number of pyridine rings is 1. The first-order chi connectivity index (χ1) is 8.72. The molecule has 5 nitrogen and oxygen atoms in total. The Morgan fingerprint density at radius 3 is 3.06 bits per heavy atom. The molecule has 0 radical (unpaired) electrons. The van der Waals surface area contributed by atoms with Crippen molar-refractivity contribution in [2.45, 2.75) is 20.4 Å². The van der Waals surface area contributed by atoms with Gasteiger partial charge < -0.3 is 15.8 Å². The molecule has 3 N–H and O–H groups in total. The second-order valence-corrected chi connectivity index (χ2v) is 4.59. The van der Waals surface area contributed by atoms with Crippen LogP contribution in [-0.4, -0.2) is 16.0 Å². The summed E-state index contributed by atoms with van der Waals surface area (Å²) < 4.78 is 9.56. The van der Waals surface area contributed by atoms with Gasteiger partial charge in [-0.2, -0.15) is 4.37 Å². The topological polar surface area (TPSA) is 73.1 Å². The molecule has 2 aromatic heterocycles. The molecule has 0 spiro atoms. The quantitative estimate of drug-likeness (QED) is 0.867. The van der Waals surface area contributed by atoms with Crippen molar-refractivity contribution in [2.75, 3.05) is 17.7 Å². The van der Waals surface area contributed by atoms with Gasteiger partial charge in [0.05, 0.1) is 6.61 Å². The number of nitrogens with two attached hydrogens (primary N) is 1. The number of ether oxygens (including phenoxy) is 1. The first-order valence-electron chi connectivity index (χ1n) is 5.73. The van der Waals surface area contributed by atoms with E-state index in [1.54, 1.807) is 6.20 Å². The van der Waals surface area contributed by atoms with Gasteiger partial charge in [0.15, 0.2) is 16.6 Å². The summed E-state index contributed by atoms with van der Waals surface area (Å²) in [5.74, 6) is 1.09. The lowest BCUT2D eigenvalue weighted by Crippen LogP contribution is -2.03. The van der Waals surface area contributed by atoms with Crippen molar-refractivity contribution in [2.24, 2.45) is 0 Å². The van der Waals surface area contributed by atoms with E-state index in [0.29, 0.717) is 24.7 Å². The van der Waals surface area contributed by atoms with E-state index >= 15 is 0 Å². The summed E-state index contributed by atoms with van der Waals surface area (Å²) in [6.45, 7) is 5.24. The zero-order chi connectivity index (χ0) is 13.0. The van der Waals surface area contributed by atoms with E-state index in [9.17, 15) is 0 Å². The van der Waals surface area contributed by atoms with Crippen LogP contribution in [0, 0.1) is 6.92 Å². The molecule has 0 unspecified atom stereocenters. The molecule has 0 fully saturated rings. The highest BCUT2D eigenvalue weighted by Gasteiger charge is 2.12. The van der Waals surface area contributed by atoms with Crippen molar-refractivity contribution in [3.63, 3.8) is 0 Å². The van der Waals surface area contributed by atoms with E-state index in [1.165, 1.54) is 17.1 Å². The largest absolute Gasteiger partial charge is 0.487 e. The van der Waals surface area contributed by atoms with Gasteiger partial charge in [-0.05, 0) is 42.6 Å². The van der Waals surface area contributed by atoms with Gasteiger partial charge in [-0.3, -0.25) is 4.98 Å². The average molecular weight is 264 g/mol. The van der Waals surface area contributed by atoms with Crippen LogP contribution in [-0.2, 0) is 6.54 Å². The fourth-order valence-electron chi connectivity index (χ4n) is 1.57. The summed E-state index contributed by atoms with van der Waals surface area (Å²) >= 11 is 1.31. The number of anilines is 2. The number of hydrogen-bond acceptors (Lipinski definition) is 6. The molecular formula is C12H16N4OS. The van der Waals surface area contributed by atoms with Crippen LogP contribution in [0.3, 0.4) is 0 Å². The number of hydrogen-bond donors (Lipinski definition) is 2. The first kappa shape index (κ1) is 12.6. The Morgan fingerprint density at radius 1 is 1.50 bits per heavy atom. The number of aryl methyl sites for hydroxylation is 1. The van der Waals surface area contributed by atoms with Crippen molar-refractivity contribution < 1.29 is 4.74 Å². The second kappa shape index (κ2) is 5.68. The standard InChI is InChI=1S/C12H16N4OS/c1-3-17-10-11(13)16-18-12(10)15-7-9-4-5-14-6-8(9)2/h4-6,15H,3,7H2,1-2H3,(H2,13,16). The fourth-order valence-corrected chi connectivity index (χ4v) is 2.22. The second-order valence-electron chi connectivity index (χ2n) is 3.81. The van der Waals surface area contributed by atoms with Gasteiger partial charge in [0.25, 0.3) is 0 Å². The van der Waals surface area contributed by atoms with Gasteiger partial charge in [-0.25, -0.2) is 0 Å². The van der Waals surface area contributed by atoms with Crippen LogP contribution in [0.5, 0.6) is 5.75 Å². The lowest BCUT2D eigenvalue weighted by Gasteiger charge is -2.09. The third-order valence-corrected chi connectivity index (χ3v) is 3.34. The Morgan fingerprint density at radius 2 is 2.33 bits per heavy atom. The average Bonchev–Trinajstić information content (AvgIpc) is 2.71. The molecule has 2 rings (SSSR count). The molecule has 0 aliphatic heterocycles. The molecule has 18 heavy (non-hydrogen) atoms. The van der Waals surface area contributed by atoms with Crippen LogP contribution >= 0.6 is 11.5 Å². The maximum Gasteiger partial charge on any atom is 0.197 e. The van der Waals surface area contributed by atoms with E-state index in [1.807, 2.05) is 26.1 Å². The Kier molecular flexibility index (Phi) is 3.99. The monoisotopic (exact) mass is 264 g/mol. The third-order valence-electron chi connectivity index (χ3n) is 2.54. The highest BCUT2D eigenvalue weighted by Crippen LogP contribution is 2.35. The summed E-state index contributed by atoms with van der Waals surface area (Å²) in [4.78, 5) is 4.07. The van der Waals surface area contributed by atoms with Crippen LogP contribution in [0.15, 0.2) is 18.5 Å².